The van der Waals surface area contributed by atoms with Crippen molar-refractivity contribution in [3.05, 3.63) is 24.7 Å². The Kier molecular flexibility index (Phi) is 3.88. The van der Waals surface area contributed by atoms with E-state index in [1.54, 1.807) is 6.20 Å². The molecule has 2 fully saturated rings. The fourth-order valence-electron chi connectivity index (χ4n) is 3.78. The first kappa shape index (κ1) is 15.6. The molecule has 3 aromatic heterocycles. The van der Waals surface area contributed by atoms with Gasteiger partial charge in [-0.2, -0.15) is 0 Å². The number of nitrogens with one attached hydrogen (secondary N) is 1. The van der Waals surface area contributed by atoms with Crippen LogP contribution >= 0.6 is 0 Å². The maximum Gasteiger partial charge on any atom is 0.225 e. The van der Waals surface area contributed by atoms with Crippen LogP contribution in [0.2, 0.25) is 0 Å². The van der Waals surface area contributed by atoms with Crippen molar-refractivity contribution in [1.82, 2.24) is 24.6 Å². The van der Waals surface area contributed by atoms with E-state index in [9.17, 15) is 4.79 Å². The van der Waals surface area contributed by atoms with Crippen LogP contribution in [-0.4, -0.2) is 43.6 Å². The Bertz CT molecular complexity index is 935. The molecule has 5 rings (SSSR count). The van der Waals surface area contributed by atoms with E-state index < -0.39 is 0 Å². The predicted octanol–water partition coefficient (Wildman–Crippen LogP) is 2.63. The van der Waals surface area contributed by atoms with Crippen LogP contribution in [0.1, 0.15) is 31.7 Å². The van der Waals surface area contributed by atoms with Crippen LogP contribution in [0.3, 0.4) is 0 Å². The monoisotopic (exact) mass is 336 g/mol. The van der Waals surface area contributed by atoms with E-state index in [1.807, 2.05) is 18.5 Å². The summed E-state index contributed by atoms with van der Waals surface area (Å²) in [5.41, 5.74) is 1.94. The normalized spacial score (nSPS) is 20.4. The van der Waals surface area contributed by atoms with Crippen molar-refractivity contribution in [2.45, 2.75) is 31.7 Å². The van der Waals surface area contributed by atoms with Crippen LogP contribution in [0.15, 0.2) is 24.7 Å². The third-order valence-electron chi connectivity index (χ3n) is 5.13. The minimum atomic E-state index is 0.296. The molecule has 2 aliphatic rings. The minimum absolute atomic E-state index is 0.296. The van der Waals surface area contributed by atoms with Gasteiger partial charge in [-0.25, -0.2) is 15.2 Å². The van der Waals surface area contributed by atoms with Crippen LogP contribution in [0, 0.1) is 17.8 Å². The maximum atomic E-state index is 12.4. The number of rotatable bonds is 2. The van der Waals surface area contributed by atoms with Gasteiger partial charge in [0, 0.05) is 54.9 Å². The van der Waals surface area contributed by atoms with E-state index in [0.29, 0.717) is 17.9 Å². The molecule has 0 radical (unpaired) electrons. The Labute approximate surface area is 145 Å². The zero-order valence-corrected chi connectivity index (χ0v) is 13.9. The van der Waals surface area contributed by atoms with Crippen LogP contribution in [0.5, 0.6) is 0 Å². The summed E-state index contributed by atoms with van der Waals surface area (Å²) in [4.78, 5) is 23.2. The Hall–Kier alpha value is -2.88. The molecular formula is C18H20N6O. The van der Waals surface area contributed by atoms with Gasteiger partial charge in [-0.05, 0) is 31.7 Å². The molecule has 0 bridgehead atoms. The lowest BCUT2D eigenvalue weighted by molar-refractivity contribution is -0.134. The summed E-state index contributed by atoms with van der Waals surface area (Å²) in [6.07, 6.45) is 9.97. The standard InChI is InChI=1S/C17H19N5O.CHN/c23-17(11-3-4-11)21-7-1-2-13(10-21)22-15-12(9-20-22)8-19-16-14(15)5-6-18-16;1-2/h5-6,8-9,11,13,20H,1-4,7,10H2;1H/t13-;/m0./s1. The molecular weight excluding hydrogens is 316 g/mol. The lowest BCUT2D eigenvalue weighted by Gasteiger charge is -2.33. The number of nitrogens with zero attached hydrogens (tertiary/aromatic N) is 5. The molecule has 7 heteroatoms. The maximum absolute atomic E-state index is 12.4. The Morgan fingerprint density at radius 2 is 2.12 bits per heavy atom. The number of carbonyl (C=O) groups is 1. The highest BCUT2D eigenvalue weighted by Crippen LogP contribution is 2.34. The summed E-state index contributed by atoms with van der Waals surface area (Å²) in [7, 11) is 0. The molecule has 4 heterocycles. The van der Waals surface area contributed by atoms with Crippen LogP contribution < -0.4 is 0 Å². The second kappa shape index (κ2) is 6.20. The van der Waals surface area contributed by atoms with Gasteiger partial charge in [0.05, 0.1) is 11.6 Å². The van der Waals surface area contributed by atoms with Gasteiger partial charge in [0.25, 0.3) is 0 Å². The van der Waals surface area contributed by atoms with Crippen molar-refractivity contribution in [3.8, 4) is 6.57 Å². The number of nitriles is 1. The summed E-state index contributed by atoms with van der Waals surface area (Å²) in [6, 6.07) is 2.31. The van der Waals surface area contributed by atoms with Crippen molar-refractivity contribution in [2.24, 2.45) is 5.92 Å². The molecule has 1 saturated heterocycles. The second-order valence-electron chi connectivity index (χ2n) is 6.74. The molecule has 1 atom stereocenters. The number of fused-ring (bicyclic) bond motifs is 3. The van der Waals surface area contributed by atoms with Crippen molar-refractivity contribution in [3.63, 3.8) is 0 Å². The summed E-state index contributed by atoms with van der Waals surface area (Å²) >= 11 is 0. The Balaban J connectivity index is 0.000000758. The van der Waals surface area contributed by atoms with E-state index >= 15 is 0 Å². The first-order chi connectivity index (χ1) is 12.3. The van der Waals surface area contributed by atoms with Gasteiger partial charge in [-0.1, -0.05) is 0 Å². The summed E-state index contributed by atoms with van der Waals surface area (Å²) in [5.74, 6) is 0.655. The van der Waals surface area contributed by atoms with Crippen molar-refractivity contribution in [2.75, 3.05) is 13.1 Å². The number of aromatic nitrogens is 4. The molecule has 1 aliphatic heterocycles. The largest absolute Gasteiger partial charge is 0.340 e. The number of pyridine rings is 1. The Morgan fingerprint density at radius 1 is 1.28 bits per heavy atom. The topological polar surface area (TPSA) is 90.6 Å². The summed E-state index contributed by atoms with van der Waals surface area (Å²) in [6.45, 7) is 5.20. The number of hydrogen-bond donors (Lipinski definition) is 1. The average molecular weight is 336 g/mol. The fraction of sp³-hybridized carbons (Fsp3) is 0.444. The number of carbonyl (C=O) groups excluding carboxylic acids is 1. The number of aromatic amines is 1. The number of amides is 1. The van der Waals surface area contributed by atoms with Gasteiger partial charge in [-0.3, -0.25) is 9.48 Å². The van der Waals surface area contributed by atoms with Crippen molar-refractivity contribution < 1.29 is 4.79 Å². The molecule has 1 N–H and O–H groups in total. The van der Waals surface area contributed by atoms with Crippen LogP contribution in [0.25, 0.3) is 21.9 Å². The van der Waals surface area contributed by atoms with E-state index in [2.05, 4.69) is 31.2 Å². The van der Waals surface area contributed by atoms with Gasteiger partial charge in [0.15, 0.2) is 5.65 Å². The Morgan fingerprint density at radius 3 is 2.92 bits per heavy atom. The molecule has 7 nitrogen and oxygen atoms in total. The molecule has 1 aliphatic carbocycles. The number of likely N-dealkylation sites (tertiary alicyclic amines) is 1. The van der Waals surface area contributed by atoms with Crippen LogP contribution in [0.4, 0.5) is 0 Å². The van der Waals surface area contributed by atoms with Gasteiger partial charge in [0.2, 0.25) is 5.91 Å². The molecule has 25 heavy (non-hydrogen) atoms. The number of piperidine rings is 1. The van der Waals surface area contributed by atoms with Crippen molar-refractivity contribution >= 4 is 27.8 Å². The fourth-order valence-corrected chi connectivity index (χ4v) is 3.78. The molecule has 0 aromatic carbocycles. The highest BCUT2D eigenvalue weighted by atomic mass is 16.2. The summed E-state index contributed by atoms with van der Waals surface area (Å²) < 4.78 is 2.22. The quantitative estimate of drug-likeness (QED) is 0.779. The third kappa shape index (κ3) is 2.64. The molecule has 0 unspecified atom stereocenters. The predicted molar refractivity (Wildman–Crippen MR) is 93.6 cm³/mol. The first-order valence-electron chi connectivity index (χ1n) is 8.65. The van der Waals surface area contributed by atoms with E-state index in [0.717, 1.165) is 60.7 Å². The van der Waals surface area contributed by atoms with Gasteiger partial charge in [-0.15, -0.1) is 0 Å². The SMILES string of the molecule is C#N.O=C(C1CC1)N1CCC[C@H](n2[nH]cc3cnc4nccc4c32)C1. The molecule has 128 valence electrons. The molecule has 1 saturated carbocycles. The average Bonchev–Trinajstić information content (AvgIpc) is 3.24. The lowest BCUT2D eigenvalue weighted by atomic mass is 10.0. The van der Waals surface area contributed by atoms with Gasteiger partial charge in [0.1, 0.15) is 0 Å². The highest BCUT2D eigenvalue weighted by molar-refractivity contribution is 6.02. The van der Waals surface area contributed by atoms with E-state index in [4.69, 9.17) is 5.26 Å². The first-order valence-corrected chi connectivity index (χ1v) is 8.65. The van der Waals surface area contributed by atoms with Crippen molar-refractivity contribution in [1.29, 1.82) is 5.26 Å². The zero-order chi connectivity index (χ0) is 17.4. The zero-order valence-electron chi connectivity index (χ0n) is 13.9. The number of H-pyrrole nitrogens is 1. The smallest absolute Gasteiger partial charge is 0.225 e. The van der Waals surface area contributed by atoms with Crippen LogP contribution in [-0.2, 0) is 4.79 Å². The second-order valence-corrected chi connectivity index (χ2v) is 6.74. The van der Waals surface area contributed by atoms with Gasteiger partial charge < -0.3 is 10.00 Å². The lowest BCUT2D eigenvalue weighted by Crippen LogP contribution is -2.41. The minimum Gasteiger partial charge on any atom is -0.340 e. The van der Waals surface area contributed by atoms with Gasteiger partial charge >= 0.3 is 0 Å². The molecule has 0 spiro atoms. The molecule has 1 amide bonds. The summed E-state index contributed by atoms with van der Waals surface area (Å²) in [5, 5.41) is 12.1. The van der Waals surface area contributed by atoms with E-state index in [1.165, 1.54) is 0 Å². The van der Waals surface area contributed by atoms with E-state index in [-0.39, 0.29) is 0 Å². The highest BCUT2D eigenvalue weighted by Gasteiger charge is 2.36. The molecule has 3 aromatic rings. The third-order valence-corrected chi connectivity index (χ3v) is 5.13. The number of hydrogen-bond acceptors (Lipinski definition) is 4.